The predicted octanol–water partition coefficient (Wildman–Crippen LogP) is 5.48. The molecule has 1 saturated heterocycles. The van der Waals surface area contributed by atoms with Gasteiger partial charge < -0.3 is 23.8 Å². The molecule has 0 bridgehead atoms. The molecule has 1 unspecified atom stereocenters. The summed E-state index contributed by atoms with van der Waals surface area (Å²) in [5.41, 5.74) is 4.77. The van der Waals surface area contributed by atoms with E-state index in [0.717, 1.165) is 59.5 Å². The molecule has 1 aliphatic carbocycles. The molecule has 0 radical (unpaired) electrons. The average Bonchev–Trinajstić information content (AvgIpc) is 3.71. The molecule has 208 valence electrons. The molecule has 2 aromatic heterocycles. The standard InChI is InChI=1S/C29H36N4O6/c1-4-19-14-21(13-18(2)26(19)37-12-11-33-10-9-23(17-33)38-29(34)35)27-31-28(39-32-27)22-15-24(20-7-5-6-8-20)30-25(16-22)36-3/h13-16,20,23H,4-12,17H2,1-3H3,(H,34,35). The smallest absolute Gasteiger partial charge is 0.492 e. The molecular weight excluding hydrogens is 500 g/mol. The average molecular weight is 537 g/mol. The summed E-state index contributed by atoms with van der Waals surface area (Å²) in [6, 6.07) is 7.96. The lowest BCUT2D eigenvalue weighted by atomic mass is 10.0. The summed E-state index contributed by atoms with van der Waals surface area (Å²) in [7, 11) is 1.62. The molecule has 1 aromatic carbocycles. The molecule has 5 rings (SSSR count). The Morgan fingerprint density at radius 1 is 1.13 bits per heavy atom. The Morgan fingerprint density at radius 2 is 1.95 bits per heavy atom. The van der Waals surface area contributed by atoms with E-state index >= 15 is 0 Å². The number of rotatable bonds is 10. The number of benzene rings is 1. The number of aryl methyl sites for hydroxylation is 2. The SMILES string of the molecule is CCc1cc(-c2noc(-c3cc(OC)nc(C4CCCC4)c3)n2)cc(C)c1OCCN1CCC(OC(=O)O)C1. The van der Waals surface area contributed by atoms with Crippen molar-refractivity contribution in [2.45, 2.75) is 64.4 Å². The van der Waals surface area contributed by atoms with E-state index in [1.165, 1.54) is 12.8 Å². The molecule has 39 heavy (non-hydrogen) atoms. The van der Waals surface area contributed by atoms with Gasteiger partial charge in [0.2, 0.25) is 11.7 Å². The minimum Gasteiger partial charge on any atom is -0.492 e. The zero-order chi connectivity index (χ0) is 27.4. The van der Waals surface area contributed by atoms with E-state index in [-0.39, 0.29) is 6.10 Å². The fourth-order valence-electron chi connectivity index (χ4n) is 5.60. The topological polar surface area (TPSA) is 120 Å². The van der Waals surface area contributed by atoms with Crippen molar-refractivity contribution in [3.8, 4) is 34.5 Å². The second-order valence-corrected chi connectivity index (χ2v) is 10.3. The van der Waals surface area contributed by atoms with Crippen molar-refractivity contribution in [1.29, 1.82) is 0 Å². The van der Waals surface area contributed by atoms with Crippen molar-refractivity contribution in [2.24, 2.45) is 0 Å². The molecule has 1 aliphatic heterocycles. The Hall–Kier alpha value is -3.66. The number of aromatic nitrogens is 3. The van der Waals surface area contributed by atoms with E-state index in [2.05, 4.69) is 28.0 Å². The van der Waals surface area contributed by atoms with Crippen LogP contribution in [-0.4, -0.2) is 70.7 Å². The molecule has 10 heteroatoms. The Kier molecular flexibility index (Phi) is 8.30. The monoisotopic (exact) mass is 536 g/mol. The second-order valence-electron chi connectivity index (χ2n) is 10.3. The number of hydrogen-bond donors (Lipinski definition) is 1. The van der Waals surface area contributed by atoms with E-state index < -0.39 is 6.16 Å². The van der Waals surface area contributed by atoms with Crippen LogP contribution >= 0.6 is 0 Å². The minimum atomic E-state index is -1.22. The molecule has 2 fully saturated rings. The van der Waals surface area contributed by atoms with Gasteiger partial charge in [0.1, 0.15) is 18.5 Å². The fraction of sp³-hybridized carbons (Fsp3) is 0.517. The van der Waals surface area contributed by atoms with Gasteiger partial charge in [-0.3, -0.25) is 4.90 Å². The molecule has 0 amide bonds. The Balaban J connectivity index is 1.29. The molecule has 3 aromatic rings. The van der Waals surface area contributed by atoms with Crippen LogP contribution in [0.3, 0.4) is 0 Å². The van der Waals surface area contributed by atoms with Crippen molar-refractivity contribution in [1.82, 2.24) is 20.0 Å². The van der Waals surface area contributed by atoms with Crippen molar-refractivity contribution >= 4 is 6.16 Å². The Labute approximate surface area is 228 Å². The van der Waals surface area contributed by atoms with E-state index in [4.69, 9.17) is 28.8 Å². The van der Waals surface area contributed by atoms with Gasteiger partial charge in [0.15, 0.2) is 0 Å². The zero-order valence-corrected chi connectivity index (χ0v) is 22.8. The maximum atomic E-state index is 10.8. The highest BCUT2D eigenvalue weighted by molar-refractivity contribution is 5.64. The van der Waals surface area contributed by atoms with Gasteiger partial charge in [-0.1, -0.05) is 24.9 Å². The lowest BCUT2D eigenvalue weighted by Gasteiger charge is -2.18. The van der Waals surface area contributed by atoms with Crippen LogP contribution in [0.2, 0.25) is 0 Å². The van der Waals surface area contributed by atoms with Gasteiger partial charge in [0, 0.05) is 48.4 Å². The van der Waals surface area contributed by atoms with Crippen LogP contribution < -0.4 is 9.47 Å². The zero-order valence-electron chi connectivity index (χ0n) is 22.8. The summed E-state index contributed by atoms with van der Waals surface area (Å²) in [6.45, 7) is 6.72. The van der Waals surface area contributed by atoms with Crippen LogP contribution in [-0.2, 0) is 11.2 Å². The molecule has 0 spiro atoms. The number of hydrogen-bond acceptors (Lipinski definition) is 9. The van der Waals surface area contributed by atoms with Crippen molar-refractivity contribution in [2.75, 3.05) is 33.4 Å². The van der Waals surface area contributed by atoms with Gasteiger partial charge in [-0.15, -0.1) is 0 Å². The van der Waals surface area contributed by atoms with Crippen molar-refractivity contribution in [3.63, 3.8) is 0 Å². The number of methoxy groups -OCH3 is 1. The molecule has 1 atom stereocenters. The van der Waals surface area contributed by atoms with Crippen molar-refractivity contribution < 1.29 is 28.6 Å². The summed E-state index contributed by atoms with van der Waals surface area (Å²) >= 11 is 0. The maximum absolute atomic E-state index is 10.8. The number of carboxylic acid groups (broad SMARTS) is 1. The van der Waals surface area contributed by atoms with Gasteiger partial charge in [0.05, 0.1) is 7.11 Å². The highest BCUT2D eigenvalue weighted by atomic mass is 16.7. The number of nitrogens with zero attached hydrogens (tertiary/aromatic N) is 4. The van der Waals surface area contributed by atoms with Gasteiger partial charge in [0.25, 0.3) is 5.89 Å². The summed E-state index contributed by atoms with van der Waals surface area (Å²) in [5, 5.41) is 13.1. The summed E-state index contributed by atoms with van der Waals surface area (Å²) in [4.78, 5) is 22.3. The number of likely N-dealkylation sites (tertiary alicyclic amines) is 1. The number of carbonyl (C=O) groups is 1. The van der Waals surface area contributed by atoms with E-state index in [1.54, 1.807) is 7.11 Å². The second kappa shape index (κ2) is 12.0. The van der Waals surface area contributed by atoms with Crippen LogP contribution in [0.1, 0.15) is 61.8 Å². The largest absolute Gasteiger partial charge is 0.506 e. The minimum absolute atomic E-state index is 0.267. The normalized spacial score (nSPS) is 18.0. The van der Waals surface area contributed by atoms with Crippen LogP contribution in [0.25, 0.3) is 22.8 Å². The first-order valence-corrected chi connectivity index (χ1v) is 13.7. The highest BCUT2D eigenvalue weighted by Gasteiger charge is 2.26. The van der Waals surface area contributed by atoms with Gasteiger partial charge >= 0.3 is 6.16 Å². The van der Waals surface area contributed by atoms with Gasteiger partial charge in [-0.05, 0) is 61.9 Å². The first-order valence-electron chi connectivity index (χ1n) is 13.7. The first-order chi connectivity index (χ1) is 18.9. The predicted molar refractivity (Wildman–Crippen MR) is 144 cm³/mol. The molecular formula is C29H36N4O6. The van der Waals surface area contributed by atoms with E-state index in [0.29, 0.717) is 49.6 Å². The third-order valence-electron chi connectivity index (χ3n) is 7.62. The molecule has 1 N–H and O–H groups in total. The van der Waals surface area contributed by atoms with E-state index in [9.17, 15) is 4.79 Å². The van der Waals surface area contributed by atoms with Crippen LogP contribution in [0, 0.1) is 6.92 Å². The summed E-state index contributed by atoms with van der Waals surface area (Å²) < 4.78 is 22.3. The number of ether oxygens (including phenoxy) is 3. The van der Waals surface area contributed by atoms with E-state index in [1.807, 2.05) is 25.1 Å². The number of pyridine rings is 1. The maximum Gasteiger partial charge on any atom is 0.506 e. The molecule has 10 nitrogen and oxygen atoms in total. The quantitative estimate of drug-likeness (QED) is 0.333. The lowest BCUT2D eigenvalue weighted by molar-refractivity contribution is 0.0545. The van der Waals surface area contributed by atoms with Crippen LogP contribution in [0.4, 0.5) is 4.79 Å². The lowest BCUT2D eigenvalue weighted by Crippen LogP contribution is -2.28. The Bertz CT molecular complexity index is 1300. The summed E-state index contributed by atoms with van der Waals surface area (Å²) in [5.74, 6) is 2.82. The Morgan fingerprint density at radius 3 is 2.69 bits per heavy atom. The molecule has 1 saturated carbocycles. The van der Waals surface area contributed by atoms with Gasteiger partial charge in [-0.2, -0.15) is 4.98 Å². The highest BCUT2D eigenvalue weighted by Crippen LogP contribution is 2.36. The fourth-order valence-corrected chi connectivity index (χ4v) is 5.60. The molecule has 3 heterocycles. The van der Waals surface area contributed by atoms with Gasteiger partial charge in [-0.25, -0.2) is 9.78 Å². The van der Waals surface area contributed by atoms with Crippen LogP contribution in [0.15, 0.2) is 28.8 Å². The first kappa shape index (κ1) is 26.9. The van der Waals surface area contributed by atoms with Crippen LogP contribution in [0.5, 0.6) is 11.6 Å². The third-order valence-corrected chi connectivity index (χ3v) is 7.62. The summed E-state index contributed by atoms with van der Waals surface area (Å²) in [6.07, 6.45) is 4.74. The third kappa shape index (κ3) is 6.33. The van der Waals surface area contributed by atoms with Crippen molar-refractivity contribution in [3.05, 3.63) is 41.1 Å². The molecule has 2 aliphatic rings.